The summed E-state index contributed by atoms with van der Waals surface area (Å²) in [4.78, 5) is 34.7. The van der Waals surface area contributed by atoms with Crippen molar-refractivity contribution in [2.24, 2.45) is 5.92 Å². The van der Waals surface area contributed by atoms with Crippen LogP contribution in [0.15, 0.2) is 43.0 Å². The number of amides is 2. The highest BCUT2D eigenvalue weighted by Crippen LogP contribution is 2.35. The van der Waals surface area contributed by atoms with E-state index in [2.05, 4.69) is 62.4 Å². The van der Waals surface area contributed by atoms with Crippen molar-refractivity contribution in [3.8, 4) is 0 Å². The minimum atomic E-state index is -0.669. The van der Waals surface area contributed by atoms with Crippen molar-refractivity contribution in [3.63, 3.8) is 0 Å². The fraction of sp³-hybridized carbons (Fsp3) is 0.423. The number of piperidine rings is 1. The topological polar surface area (TPSA) is 112 Å². The lowest BCUT2D eigenvalue weighted by molar-refractivity contribution is -0.146. The number of fused-ring (bicyclic) bond motifs is 2. The molecular formula is C26H30N8O2. The van der Waals surface area contributed by atoms with Crippen molar-refractivity contribution < 1.29 is 9.59 Å². The molecule has 2 fully saturated rings. The van der Waals surface area contributed by atoms with Gasteiger partial charge in [0.25, 0.3) is 0 Å². The van der Waals surface area contributed by atoms with E-state index in [1.54, 1.807) is 17.3 Å². The number of aromatic nitrogens is 5. The van der Waals surface area contributed by atoms with E-state index in [9.17, 15) is 9.59 Å². The lowest BCUT2D eigenvalue weighted by atomic mass is 9.89. The van der Waals surface area contributed by atoms with Gasteiger partial charge in [0.1, 0.15) is 0 Å². The Kier molecular flexibility index (Phi) is 5.67. The molecule has 36 heavy (non-hydrogen) atoms. The summed E-state index contributed by atoms with van der Waals surface area (Å²) in [5, 5.41) is 16.2. The Labute approximate surface area is 208 Å². The van der Waals surface area contributed by atoms with Gasteiger partial charge in [-0.1, -0.05) is 13.0 Å². The van der Waals surface area contributed by atoms with E-state index in [1.165, 1.54) is 6.20 Å². The normalized spacial score (nSPS) is 22.9. The highest BCUT2D eigenvalue weighted by atomic mass is 16.2. The van der Waals surface area contributed by atoms with Crippen molar-refractivity contribution in [2.45, 2.75) is 38.3 Å². The fourth-order valence-corrected chi connectivity index (χ4v) is 5.58. The molecule has 10 heteroatoms. The first-order chi connectivity index (χ1) is 17.5. The summed E-state index contributed by atoms with van der Waals surface area (Å²) >= 11 is 0. The number of hydrogen-bond acceptors (Lipinski definition) is 6. The van der Waals surface area contributed by atoms with Crippen LogP contribution in [0.1, 0.15) is 43.8 Å². The van der Waals surface area contributed by atoms with Crippen LogP contribution in [0.25, 0.3) is 21.8 Å². The number of hydrogen-bond donors (Lipinski definition) is 2. The lowest BCUT2D eigenvalue weighted by Gasteiger charge is -2.38. The van der Waals surface area contributed by atoms with Crippen LogP contribution in [0.2, 0.25) is 0 Å². The smallest absolute Gasteiger partial charge is 0.314 e. The molecule has 1 aromatic carbocycles. The zero-order valence-corrected chi connectivity index (χ0v) is 20.5. The molecule has 6 rings (SSSR count). The number of carbonyl (C=O) groups excluding carboxylic acids is 2. The van der Waals surface area contributed by atoms with Crippen molar-refractivity contribution in [1.82, 2.24) is 34.8 Å². The number of likely N-dealkylation sites (N-methyl/N-ethyl adjacent to an activating group) is 1. The number of nitrogens with one attached hydrogen (secondary N) is 2. The van der Waals surface area contributed by atoms with E-state index < -0.39 is 11.8 Å². The van der Waals surface area contributed by atoms with Crippen LogP contribution in [0.5, 0.6) is 0 Å². The maximum Gasteiger partial charge on any atom is 0.314 e. The van der Waals surface area contributed by atoms with Crippen LogP contribution in [-0.2, 0) is 9.59 Å². The first kappa shape index (κ1) is 22.7. The molecule has 3 atom stereocenters. The molecule has 5 heterocycles. The van der Waals surface area contributed by atoms with Gasteiger partial charge in [-0.05, 0) is 56.5 Å². The quantitative estimate of drug-likeness (QED) is 0.431. The maximum absolute atomic E-state index is 13.4. The predicted molar refractivity (Wildman–Crippen MR) is 136 cm³/mol. The molecule has 3 aromatic heterocycles. The molecule has 0 bridgehead atoms. The molecule has 2 amide bonds. The zero-order chi connectivity index (χ0) is 24.8. The molecule has 186 valence electrons. The summed E-state index contributed by atoms with van der Waals surface area (Å²) in [7, 11) is 2.14. The summed E-state index contributed by atoms with van der Waals surface area (Å²) < 4.78 is 2.08. The zero-order valence-electron chi connectivity index (χ0n) is 20.5. The fourth-order valence-electron chi connectivity index (χ4n) is 5.58. The van der Waals surface area contributed by atoms with Gasteiger partial charge in [0.05, 0.1) is 41.2 Å². The number of likely N-dealkylation sites (tertiary alicyclic amines) is 2. The predicted octanol–water partition coefficient (Wildman–Crippen LogP) is 3.12. The number of aromatic amines is 1. The lowest BCUT2D eigenvalue weighted by Crippen LogP contribution is -2.46. The molecule has 1 unspecified atom stereocenters. The molecule has 2 N–H and O–H groups in total. The van der Waals surface area contributed by atoms with Gasteiger partial charge in [0, 0.05) is 36.3 Å². The second-order valence-corrected chi connectivity index (χ2v) is 10.3. The van der Waals surface area contributed by atoms with Gasteiger partial charge >= 0.3 is 11.8 Å². The first-order valence-corrected chi connectivity index (χ1v) is 12.5. The molecule has 0 aliphatic carbocycles. The number of nitrogens with zero attached hydrogens (tertiary/aromatic N) is 6. The molecule has 2 aliphatic heterocycles. The number of carbonyl (C=O) groups is 2. The van der Waals surface area contributed by atoms with Crippen LogP contribution in [0.3, 0.4) is 0 Å². The van der Waals surface area contributed by atoms with Gasteiger partial charge in [0.15, 0.2) is 0 Å². The Hall–Kier alpha value is -3.79. The van der Waals surface area contributed by atoms with Gasteiger partial charge in [-0.2, -0.15) is 10.2 Å². The van der Waals surface area contributed by atoms with E-state index in [0.29, 0.717) is 29.7 Å². The molecule has 2 saturated heterocycles. The maximum atomic E-state index is 13.4. The molecule has 10 nitrogen and oxygen atoms in total. The summed E-state index contributed by atoms with van der Waals surface area (Å²) in [6.45, 7) is 4.74. The summed E-state index contributed by atoms with van der Waals surface area (Å²) in [5.74, 6) is -0.883. The third-order valence-corrected chi connectivity index (χ3v) is 7.55. The van der Waals surface area contributed by atoms with Crippen LogP contribution in [0.4, 0.5) is 5.69 Å². The Balaban J connectivity index is 1.25. The second kappa shape index (κ2) is 9.02. The Bertz CT molecular complexity index is 1440. The molecule has 0 radical (unpaired) electrons. The average Bonchev–Trinajstić information content (AvgIpc) is 3.62. The van der Waals surface area contributed by atoms with E-state index in [1.807, 2.05) is 6.07 Å². The monoisotopic (exact) mass is 486 g/mol. The number of anilines is 1. The van der Waals surface area contributed by atoms with Crippen LogP contribution < -0.4 is 5.32 Å². The van der Waals surface area contributed by atoms with Gasteiger partial charge in [-0.15, -0.1) is 0 Å². The van der Waals surface area contributed by atoms with E-state index in [-0.39, 0.29) is 6.04 Å². The summed E-state index contributed by atoms with van der Waals surface area (Å²) in [6.07, 6.45) is 9.83. The number of benzene rings is 1. The second-order valence-electron chi connectivity index (χ2n) is 10.3. The summed E-state index contributed by atoms with van der Waals surface area (Å²) in [6, 6.07) is 6.44. The Morgan fingerprint density at radius 2 is 1.97 bits per heavy atom. The largest absolute Gasteiger partial charge is 0.327 e. The molecular weight excluding hydrogens is 456 g/mol. The van der Waals surface area contributed by atoms with Gasteiger partial charge in [-0.25, -0.2) is 0 Å². The number of H-pyrrole nitrogens is 1. The van der Waals surface area contributed by atoms with E-state index >= 15 is 0 Å². The molecule has 0 saturated carbocycles. The highest BCUT2D eigenvalue weighted by Gasteiger charge is 2.34. The Morgan fingerprint density at radius 3 is 2.81 bits per heavy atom. The molecule has 4 aromatic rings. The standard InChI is InChI=1S/C26H30N8O2/c1-16-3-6-23(17-4-5-21-18(9-17)14-34(31-21)20-7-8-32(2)15-20)33(13-16)26(36)25(35)29-22-12-27-10-19-11-28-30-24(19)22/h4-5,9-12,14,16,20,23H,3,6-8,13,15H2,1-2H3,(H,28,30)(H,29,35)/t16-,20?,23+/m0/s1. The van der Waals surface area contributed by atoms with Crippen LogP contribution in [-0.4, -0.2) is 73.3 Å². The Morgan fingerprint density at radius 1 is 1.08 bits per heavy atom. The van der Waals surface area contributed by atoms with Crippen molar-refractivity contribution in [1.29, 1.82) is 0 Å². The average molecular weight is 487 g/mol. The van der Waals surface area contributed by atoms with Crippen molar-refractivity contribution in [2.75, 3.05) is 32.0 Å². The van der Waals surface area contributed by atoms with Gasteiger partial charge in [-0.3, -0.25) is 24.4 Å². The molecule has 2 aliphatic rings. The minimum Gasteiger partial charge on any atom is -0.327 e. The third kappa shape index (κ3) is 4.11. The van der Waals surface area contributed by atoms with E-state index in [0.717, 1.165) is 54.2 Å². The molecule has 0 spiro atoms. The third-order valence-electron chi connectivity index (χ3n) is 7.55. The van der Waals surface area contributed by atoms with Crippen LogP contribution in [0, 0.1) is 5.92 Å². The number of pyridine rings is 1. The van der Waals surface area contributed by atoms with E-state index in [4.69, 9.17) is 5.10 Å². The van der Waals surface area contributed by atoms with Crippen molar-refractivity contribution in [3.05, 3.63) is 48.5 Å². The SMILES string of the molecule is C[C@H]1CC[C@H](c2ccc3nn(C4CCN(C)C4)cc3c2)N(C(=O)C(=O)Nc2cncc3cn[nH]c23)C1. The van der Waals surface area contributed by atoms with Crippen molar-refractivity contribution >= 4 is 39.3 Å². The summed E-state index contributed by atoms with van der Waals surface area (Å²) in [5.41, 5.74) is 3.08. The number of rotatable bonds is 3. The van der Waals surface area contributed by atoms with Gasteiger partial charge in [0.2, 0.25) is 0 Å². The van der Waals surface area contributed by atoms with Gasteiger partial charge < -0.3 is 15.1 Å². The minimum absolute atomic E-state index is 0.161. The highest BCUT2D eigenvalue weighted by molar-refractivity contribution is 6.40. The first-order valence-electron chi connectivity index (χ1n) is 12.5. The van der Waals surface area contributed by atoms with Crippen LogP contribution >= 0.6 is 0 Å².